The van der Waals surface area contributed by atoms with Gasteiger partial charge in [-0.1, -0.05) is 0 Å². The Morgan fingerprint density at radius 2 is 0.471 bits per heavy atom. The lowest BCUT2D eigenvalue weighted by Gasteiger charge is -2.16. The first-order valence-electron chi connectivity index (χ1n) is 9.36. The van der Waals surface area contributed by atoms with Gasteiger partial charge in [0.05, 0.1) is 47.3 Å². The average Bonchev–Trinajstić information content (AvgIpc) is 3.28. The van der Waals surface area contributed by atoms with Crippen LogP contribution >= 0.6 is 0 Å². The van der Waals surface area contributed by atoms with Gasteiger partial charge in [-0.2, -0.15) is 0 Å². The van der Waals surface area contributed by atoms with E-state index in [9.17, 15) is 38.4 Å². The van der Waals surface area contributed by atoms with Crippen LogP contribution in [0.3, 0.4) is 0 Å². The van der Waals surface area contributed by atoms with Crippen molar-refractivity contribution < 1.29 is 79.2 Å². The van der Waals surface area contributed by atoms with Gasteiger partial charge < -0.3 is 40.9 Å². The van der Waals surface area contributed by atoms with E-state index in [0.29, 0.717) is 0 Å². The second-order valence-electron chi connectivity index (χ2n) is 7.71. The molecule has 2 aliphatic carbocycles. The molecule has 16 heteroatoms. The minimum atomic E-state index is -1.72. The zero-order chi connectivity index (χ0) is 26.7. The van der Waals surface area contributed by atoms with Crippen molar-refractivity contribution in [1.82, 2.24) is 0 Å². The van der Waals surface area contributed by atoms with Crippen LogP contribution in [0.5, 0.6) is 0 Å². The molecule has 8 unspecified atom stereocenters. The van der Waals surface area contributed by atoms with Crippen LogP contribution in [0.2, 0.25) is 0 Å². The second-order valence-corrected chi connectivity index (χ2v) is 7.71. The van der Waals surface area contributed by atoms with Crippen molar-refractivity contribution in [2.45, 2.75) is 12.8 Å². The maximum atomic E-state index is 10.9. The van der Waals surface area contributed by atoms with Gasteiger partial charge in [-0.05, 0) is 12.8 Å². The van der Waals surface area contributed by atoms with E-state index in [4.69, 9.17) is 40.9 Å². The van der Waals surface area contributed by atoms with Gasteiger partial charge in [0.2, 0.25) is 0 Å². The van der Waals surface area contributed by atoms with Gasteiger partial charge in [-0.3, -0.25) is 38.4 Å². The van der Waals surface area contributed by atoms with Crippen LogP contribution in [0.25, 0.3) is 0 Å². The first-order valence-corrected chi connectivity index (χ1v) is 9.36. The van der Waals surface area contributed by atoms with Gasteiger partial charge in [-0.15, -0.1) is 0 Å². The largest absolute Gasteiger partial charge is 0.481 e. The highest BCUT2D eigenvalue weighted by Crippen LogP contribution is 2.43. The van der Waals surface area contributed by atoms with Crippen molar-refractivity contribution in [3.8, 4) is 0 Å². The van der Waals surface area contributed by atoms with E-state index >= 15 is 0 Å². The predicted molar refractivity (Wildman–Crippen MR) is 98.2 cm³/mol. The van der Waals surface area contributed by atoms with E-state index in [-0.39, 0.29) is 0 Å². The van der Waals surface area contributed by atoms with Gasteiger partial charge in [0.15, 0.2) is 0 Å². The van der Waals surface area contributed by atoms with E-state index in [0.717, 1.165) is 0 Å². The normalized spacial score (nSPS) is 32.0. The zero-order valence-corrected chi connectivity index (χ0v) is 16.9. The summed E-state index contributed by atoms with van der Waals surface area (Å²) in [5, 5.41) is 70.5. The first kappa shape index (κ1) is 27.8. The summed E-state index contributed by atoms with van der Waals surface area (Å²) >= 11 is 0. The third-order valence-corrected chi connectivity index (χ3v) is 5.93. The Bertz CT molecular complexity index is 775. The lowest BCUT2D eigenvalue weighted by molar-refractivity contribution is -0.160. The minimum absolute atomic E-state index is 0.487. The smallest absolute Gasteiger partial charge is 0.308 e. The van der Waals surface area contributed by atoms with E-state index < -0.39 is 108 Å². The van der Waals surface area contributed by atoms with E-state index in [1.54, 1.807) is 0 Å². The fourth-order valence-corrected chi connectivity index (χ4v) is 4.46. The number of hydrogen-bond donors (Lipinski definition) is 8. The fourth-order valence-electron chi connectivity index (χ4n) is 4.46. The van der Waals surface area contributed by atoms with Gasteiger partial charge in [-0.25, -0.2) is 0 Å². The van der Waals surface area contributed by atoms with E-state index in [1.807, 2.05) is 0 Å². The van der Waals surface area contributed by atoms with Gasteiger partial charge >= 0.3 is 47.8 Å². The maximum absolute atomic E-state index is 10.9. The van der Waals surface area contributed by atoms with Gasteiger partial charge in [0, 0.05) is 0 Å². The minimum Gasteiger partial charge on any atom is -0.481 e. The van der Waals surface area contributed by atoms with Crippen molar-refractivity contribution in [3.05, 3.63) is 0 Å². The van der Waals surface area contributed by atoms with Crippen molar-refractivity contribution >= 4 is 47.8 Å². The highest BCUT2D eigenvalue weighted by atomic mass is 16.4. The van der Waals surface area contributed by atoms with Gasteiger partial charge in [0.1, 0.15) is 0 Å². The van der Waals surface area contributed by atoms with Crippen LogP contribution in [0.1, 0.15) is 12.8 Å². The molecular weight excluding hydrogens is 472 g/mol. The Kier molecular flexibility index (Phi) is 8.65. The topological polar surface area (TPSA) is 298 Å². The summed E-state index contributed by atoms with van der Waals surface area (Å²) < 4.78 is 0. The molecule has 0 heterocycles. The Morgan fingerprint density at radius 1 is 0.324 bits per heavy atom. The maximum Gasteiger partial charge on any atom is 0.308 e. The Hall–Kier alpha value is -4.24. The summed E-state index contributed by atoms with van der Waals surface area (Å²) in [5.74, 6) is -25.2. The highest BCUT2D eigenvalue weighted by Gasteiger charge is 2.57. The van der Waals surface area contributed by atoms with Crippen LogP contribution in [0, 0.1) is 47.3 Å². The molecular formula is C18H20O16. The third-order valence-electron chi connectivity index (χ3n) is 5.93. The van der Waals surface area contributed by atoms with Crippen LogP contribution < -0.4 is 0 Å². The molecule has 34 heavy (non-hydrogen) atoms. The predicted octanol–water partition coefficient (Wildman–Crippen LogP) is -1.61. The van der Waals surface area contributed by atoms with Crippen LogP contribution in [0.15, 0.2) is 0 Å². The van der Waals surface area contributed by atoms with Crippen LogP contribution in [0.4, 0.5) is 0 Å². The molecule has 188 valence electrons. The molecule has 0 spiro atoms. The van der Waals surface area contributed by atoms with Crippen molar-refractivity contribution in [2.24, 2.45) is 47.3 Å². The molecule has 0 aromatic carbocycles. The number of carboxylic acid groups (broad SMARTS) is 8. The molecule has 0 saturated heterocycles. The standard InChI is InChI=1S/2C9H10O8/c2*10-6(11)2-1-3(7(12)13)5(9(16)17)4(2)8(14)15/h2*2-5H,1H2,(H,10,11)(H,12,13)(H,14,15)(H,16,17). The molecule has 0 radical (unpaired) electrons. The highest BCUT2D eigenvalue weighted by molar-refractivity contribution is 5.92. The SMILES string of the molecule is O=C(O)C1CC(C(=O)O)C(C(=O)O)C1C(=O)O.O=C(O)C1CC(C(=O)O)C(C(=O)O)C1C(=O)O. The lowest BCUT2D eigenvalue weighted by Crippen LogP contribution is -2.35. The summed E-state index contributed by atoms with van der Waals surface area (Å²) in [7, 11) is 0. The molecule has 2 rings (SSSR count). The molecule has 0 aliphatic heterocycles. The number of carbonyl (C=O) groups is 8. The number of carboxylic acids is 8. The Balaban J connectivity index is 0.000000340. The molecule has 8 N–H and O–H groups in total. The summed E-state index contributed by atoms with van der Waals surface area (Å²) in [6, 6.07) is 0. The Labute approximate surface area is 188 Å². The van der Waals surface area contributed by atoms with Crippen LogP contribution in [-0.4, -0.2) is 88.6 Å². The number of hydrogen-bond acceptors (Lipinski definition) is 8. The molecule has 2 aliphatic rings. The monoisotopic (exact) mass is 492 g/mol. The first-order chi connectivity index (χ1) is 15.5. The lowest BCUT2D eigenvalue weighted by atomic mass is 9.87. The van der Waals surface area contributed by atoms with Crippen molar-refractivity contribution in [3.63, 3.8) is 0 Å². The molecule has 2 saturated carbocycles. The fraction of sp³-hybridized carbons (Fsp3) is 0.556. The molecule has 0 aromatic heterocycles. The molecule has 0 amide bonds. The third kappa shape index (κ3) is 5.57. The summed E-state index contributed by atoms with van der Waals surface area (Å²) in [4.78, 5) is 86.7. The van der Waals surface area contributed by atoms with Crippen LogP contribution in [-0.2, 0) is 38.4 Å². The molecule has 8 atom stereocenters. The van der Waals surface area contributed by atoms with Crippen molar-refractivity contribution in [2.75, 3.05) is 0 Å². The second kappa shape index (κ2) is 10.6. The van der Waals surface area contributed by atoms with Crippen molar-refractivity contribution in [1.29, 1.82) is 0 Å². The molecule has 0 aromatic rings. The zero-order valence-electron chi connectivity index (χ0n) is 16.9. The van der Waals surface area contributed by atoms with E-state index in [2.05, 4.69) is 0 Å². The molecule has 2 fully saturated rings. The molecule has 0 bridgehead atoms. The quantitative estimate of drug-likeness (QED) is 0.189. The number of aliphatic carboxylic acids is 8. The van der Waals surface area contributed by atoms with Gasteiger partial charge in [0.25, 0.3) is 0 Å². The summed E-state index contributed by atoms with van der Waals surface area (Å²) in [5.41, 5.74) is 0. The molecule has 16 nitrogen and oxygen atoms in total. The summed E-state index contributed by atoms with van der Waals surface area (Å²) in [6.07, 6.45) is -0.975. The summed E-state index contributed by atoms with van der Waals surface area (Å²) in [6.45, 7) is 0. The average molecular weight is 492 g/mol. The Morgan fingerprint density at radius 3 is 0.559 bits per heavy atom. The van der Waals surface area contributed by atoms with E-state index in [1.165, 1.54) is 0 Å². The number of rotatable bonds is 8.